The van der Waals surface area contributed by atoms with Crippen molar-refractivity contribution in [3.8, 4) is 0 Å². The molecule has 4 nitrogen and oxygen atoms in total. The van der Waals surface area contributed by atoms with Crippen LogP contribution in [0.1, 0.15) is 59.6 Å². The predicted molar refractivity (Wildman–Crippen MR) is 99.1 cm³/mol. The molecule has 1 aliphatic carbocycles. The smallest absolute Gasteiger partial charge is 0.308 e. The molecular weight excluding hydrogens is 321 g/mol. The molecule has 0 spiro atoms. The molecule has 0 unspecified atom stereocenters. The van der Waals surface area contributed by atoms with Crippen LogP contribution in [0.4, 0.5) is 0 Å². The van der Waals surface area contributed by atoms with E-state index in [0.29, 0.717) is 13.2 Å². The third-order valence-corrected chi connectivity index (χ3v) is 7.63. The molecular formula is C19H32NO3P. The van der Waals surface area contributed by atoms with Gasteiger partial charge in [-0.3, -0.25) is 9.88 Å². The summed E-state index contributed by atoms with van der Waals surface area (Å²) < 4.78 is 25.1. The zero-order chi connectivity index (χ0) is 18.0. The molecule has 0 bridgehead atoms. The standard InChI is InChI=1S/C19H32NO3P/c1-7-22-24(21,23-8-2)19(14-17(19)18(4,5)6)20-15(3)16-12-10-9-11-13-16/h9-13,15,17,20H,7-8,14H2,1-6H3/t15-,17-,19+/m0/s1. The second-order valence-corrected chi connectivity index (χ2v) is 9.97. The molecule has 0 radical (unpaired) electrons. The van der Waals surface area contributed by atoms with Gasteiger partial charge < -0.3 is 9.05 Å². The molecule has 1 fully saturated rings. The van der Waals surface area contributed by atoms with E-state index in [2.05, 4.69) is 45.1 Å². The molecule has 0 aliphatic heterocycles. The van der Waals surface area contributed by atoms with E-state index in [1.807, 2.05) is 32.0 Å². The summed E-state index contributed by atoms with van der Waals surface area (Å²) in [6, 6.07) is 10.3. The van der Waals surface area contributed by atoms with Crippen LogP contribution in [0, 0.1) is 11.3 Å². The summed E-state index contributed by atoms with van der Waals surface area (Å²) in [5.74, 6) is 0.250. The van der Waals surface area contributed by atoms with Gasteiger partial charge in [0, 0.05) is 6.04 Å². The summed E-state index contributed by atoms with van der Waals surface area (Å²) in [7, 11) is -3.25. The van der Waals surface area contributed by atoms with E-state index in [4.69, 9.17) is 9.05 Å². The Balaban J connectivity index is 2.34. The molecule has 0 saturated heterocycles. The highest BCUT2D eigenvalue weighted by Crippen LogP contribution is 2.76. The maximum Gasteiger partial charge on any atom is 0.350 e. The van der Waals surface area contributed by atoms with Crippen molar-refractivity contribution < 1.29 is 13.6 Å². The topological polar surface area (TPSA) is 47.6 Å². The van der Waals surface area contributed by atoms with Crippen molar-refractivity contribution in [1.29, 1.82) is 0 Å². The first kappa shape index (κ1) is 19.7. The van der Waals surface area contributed by atoms with E-state index in [-0.39, 0.29) is 17.4 Å². The highest BCUT2D eigenvalue weighted by molar-refractivity contribution is 7.56. The third kappa shape index (κ3) is 3.77. The summed E-state index contributed by atoms with van der Waals surface area (Å²) in [4.78, 5) is 0. The molecule has 1 saturated carbocycles. The van der Waals surface area contributed by atoms with Crippen molar-refractivity contribution in [2.75, 3.05) is 13.2 Å². The second-order valence-electron chi connectivity index (χ2n) is 7.66. The maximum absolute atomic E-state index is 13.6. The van der Waals surface area contributed by atoms with Crippen molar-refractivity contribution in [2.45, 2.75) is 59.3 Å². The molecule has 0 aromatic heterocycles. The van der Waals surface area contributed by atoms with Crippen molar-refractivity contribution in [1.82, 2.24) is 5.32 Å². The van der Waals surface area contributed by atoms with Gasteiger partial charge in [0.15, 0.2) is 0 Å². The lowest BCUT2D eigenvalue weighted by Crippen LogP contribution is -2.39. The molecule has 1 aromatic rings. The summed E-state index contributed by atoms with van der Waals surface area (Å²) in [5.41, 5.74) is 1.21. The summed E-state index contributed by atoms with van der Waals surface area (Å²) in [6.07, 6.45) is 0.810. The van der Waals surface area contributed by atoms with Crippen LogP contribution in [0.3, 0.4) is 0 Å². The van der Waals surface area contributed by atoms with Gasteiger partial charge in [0.05, 0.1) is 13.2 Å². The van der Waals surface area contributed by atoms with Crippen LogP contribution in [0.25, 0.3) is 0 Å². The van der Waals surface area contributed by atoms with Gasteiger partial charge in [0.2, 0.25) is 0 Å². The zero-order valence-electron chi connectivity index (χ0n) is 15.8. The normalized spacial score (nSPS) is 25.5. The Kier molecular flexibility index (Phi) is 5.97. The van der Waals surface area contributed by atoms with Gasteiger partial charge >= 0.3 is 7.60 Å². The zero-order valence-corrected chi connectivity index (χ0v) is 16.7. The minimum absolute atomic E-state index is 0.0350. The average molecular weight is 353 g/mol. The monoisotopic (exact) mass is 353 g/mol. The number of benzene rings is 1. The largest absolute Gasteiger partial charge is 0.350 e. The Labute approximate surface area is 146 Å². The van der Waals surface area contributed by atoms with Crippen molar-refractivity contribution in [3.05, 3.63) is 35.9 Å². The molecule has 0 amide bonds. The number of hydrogen-bond donors (Lipinski definition) is 1. The lowest BCUT2D eigenvalue weighted by molar-refractivity contribution is 0.190. The summed E-state index contributed by atoms with van der Waals surface area (Å²) in [5, 5.41) is 3.03. The minimum atomic E-state index is -3.25. The summed E-state index contributed by atoms with van der Waals surface area (Å²) >= 11 is 0. The summed E-state index contributed by atoms with van der Waals surface area (Å²) in [6.45, 7) is 13.2. The van der Waals surface area contributed by atoms with Crippen LogP contribution in [0.15, 0.2) is 30.3 Å². The SMILES string of the molecule is CCOP(=O)(OCC)[C@]1(N[C@@H](C)c2ccccc2)C[C@H]1C(C)(C)C. The molecule has 3 atom stereocenters. The first-order chi connectivity index (χ1) is 11.2. The number of hydrogen-bond acceptors (Lipinski definition) is 4. The molecule has 1 aliphatic rings. The lowest BCUT2D eigenvalue weighted by atomic mass is 9.89. The second kappa shape index (κ2) is 7.29. The van der Waals surface area contributed by atoms with Crippen LogP contribution in [0.2, 0.25) is 0 Å². The van der Waals surface area contributed by atoms with E-state index in [1.165, 1.54) is 5.56 Å². The average Bonchev–Trinajstić information content (AvgIpc) is 3.25. The predicted octanol–water partition coefficient (Wildman–Crippen LogP) is 5.37. The van der Waals surface area contributed by atoms with Gasteiger partial charge in [-0.15, -0.1) is 0 Å². The fourth-order valence-electron chi connectivity index (χ4n) is 3.62. The first-order valence-corrected chi connectivity index (χ1v) is 10.5. The Morgan fingerprint density at radius 2 is 1.75 bits per heavy atom. The molecule has 5 heteroatoms. The van der Waals surface area contributed by atoms with Crippen molar-refractivity contribution >= 4 is 7.60 Å². The number of rotatable bonds is 8. The van der Waals surface area contributed by atoms with Gasteiger partial charge in [-0.25, -0.2) is 0 Å². The minimum Gasteiger partial charge on any atom is -0.308 e. The van der Waals surface area contributed by atoms with Gasteiger partial charge in [-0.2, -0.15) is 0 Å². The Hall–Kier alpha value is -0.670. The van der Waals surface area contributed by atoms with Crippen molar-refractivity contribution in [2.24, 2.45) is 11.3 Å². The van der Waals surface area contributed by atoms with Crippen molar-refractivity contribution in [3.63, 3.8) is 0 Å². The van der Waals surface area contributed by atoms with Crippen LogP contribution >= 0.6 is 7.60 Å². The fourth-order valence-corrected chi connectivity index (χ4v) is 6.37. The molecule has 24 heavy (non-hydrogen) atoms. The maximum atomic E-state index is 13.6. The van der Waals surface area contributed by atoms with Gasteiger partial charge in [0.25, 0.3) is 0 Å². The molecule has 1 aromatic carbocycles. The highest BCUT2D eigenvalue weighted by atomic mass is 31.2. The Bertz CT molecular complexity index is 574. The van der Waals surface area contributed by atoms with Crippen LogP contribution in [0.5, 0.6) is 0 Å². The van der Waals surface area contributed by atoms with Gasteiger partial charge in [-0.05, 0) is 44.1 Å². The van der Waals surface area contributed by atoms with E-state index >= 15 is 0 Å². The molecule has 2 rings (SSSR count). The van der Waals surface area contributed by atoms with E-state index in [1.54, 1.807) is 0 Å². The fraction of sp³-hybridized carbons (Fsp3) is 0.684. The molecule has 136 valence electrons. The van der Waals surface area contributed by atoms with E-state index in [0.717, 1.165) is 6.42 Å². The van der Waals surface area contributed by atoms with E-state index < -0.39 is 12.9 Å². The molecule has 1 N–H and O–H groups in total. The van der Waals surface area contributed by atoms with E-state index in [9.17, 15) is 4.57 Å². The van der Waals surface area contributed by atoms with Gasteiger partial charge in [0.1, 0.15) is 5.28 Å². The molecule has 0 heterocycles. The quantitative estimate of drug-likeness (QED) is 0.639. The first-order valence-electron chi connectivity index (χ1n) is 8.92. The Morgan fingerprint density at radius 1 is 1.21 bits per heavy atom. The van der Waals surface area contributed by atoms with Crippen LogP contribution in [-0.2, 0) is 13.6 Å². The Morgan fingerprint density at radius 3 is 2.17 bits per heavy atom. The van der Waals surface area contributed by atoms with Crippen LogP contribution in [-0.4, -0.2) is 18.5 Å². The lowest BCUT2D eigenvalue weighted by Gasteiger charge is -2.34. The van der Waals surface area contributed by atoms with Crippen LogP contribution < -0.4 is 5.32 Å². The third-order valence-electron chi connectivity index (χ3n) is 4.83. The number of nitrogens with one attached hydrogen (secondary N) is 1. The highest BCUT2D eigenvalue weighted by Gasteiger charge is 2.71. The van der Waals surface area contributed by atoms with Gasteiger partial charge in [-0.1, -0.05) is 51.1 Å².